The third kappa shape index (κ3) is 5.44. The average Bonchev–Trinajstić information content (AvgIpc) is 2.81. The van der Waals surface area contributed by atoms with Gasteiger partial charge >= 0.3 is 0 Å². The van der Waals surface area contributed by atoms with Crippen LogP contribution in [0.2, 0.25) is 0 Å². The number of hydrogen-bond donors (Lipinski definition) is 1. The smallest absolute Gasteiger partial charge is 0.203 e. The summed E-state index contributed by atoms with van der Waals surface area (Å²) in [5.41, 5.74) is 2.76. The van der Waals surface area contributed by atoms with Crippen LogP contribution in [0.15, 0.2) is 59.5 Å². The number of para-hydroxylation sites is 1. The third-order valence-electron chi connectivity index (χ3n) is 4.51. The Morgan fingerprint density at radius 1 is 0.774 bits per heavy atom. The standard InChI is InChI=1S/C24H24FNO4S/c1-27-21-12-11-18(15-19(21)25)31-26-20-8-6-5-7-17(20)10-9-16-13-22(28-2)24(30-4)23(14-16)29-3/h5-15,26H,1-4H3/b10-9-. The van der Waals surface area contributed by atoms with E-state index in [1.165, 1.54) is 25.1 Å². The molecule has 0 heterocycles. The van der Waals surface area contributed by atoms with Crippen molar-refractivity contribution < 1.29 is 23.3 Å². The molecule has 0 aliphatic rings. The SMILES string of the molecule is COc1ccc(SNc2ccccc2/C=C\c2cc(OC)c(OC)c(OC)c2)cc1F. The lowest BCUT2D eigenvalue weighted by atomic mass is 10.1. The molecule has 3 rings (SSSR count). The summed E-state index contributed by atoms with van der Waals surface area (Å²) < 4.78 is 38.4. The normalized spacial score (nSPS) is 10.7. The average molecular weight is 442 g/mol. The Balaban J connectivity index is 1.81. The molecule has 0 aliphatic heterocycles. The van der Waals surface area contributed by atoms with Crippen molar-refractivity contribution in [2.24, 2.45) is 0 Å². The van der Waals surface area contributed by atoms with Crippen LogP contribution in [0.3, 0.4) is 0 Å². The van der Waals surface area contributed by atoms with Crippen LogP contribution in [-0.2, 0) is 0 Å². The minimum Gasteiger partial charge on any atom is -0.494 e. The molecule has 0 fully saturated rings. The van der Waals surface area contributed by atoms with Gasteiger partial charge < -0.3 is 23.7 Å². The molecule has 0 spiro atoms. The molecule has 0 bridgehead atoms. The van der Waals surface area contributed by atoms with Crippen LogP contribution < -0.4 is 23.7 Å². The molecule has 3 aromatic rings. The fourth-order valence-electron chi connectivity index (χ4n) is 2.94. The first kappa shape index (κ1) is 22.4. The molecule has 0 unspecified atom stereocenters. The van der Waals surface area contributed by atoms with Gasteiger partial charge in [-0.05, 0) is 59.5 Å². The van der Waals surface area contributed by atoms with Gasteiger partial charge in [0.05, 0.1) is 34.1 Å². The third-order valence-corrected chi connectivity index (χ3v) is 5.32. The molecular weight excluding hydrogens is 417 g/mol. The molecule has 5 nitrogen and oxygen atoms in total. The molecule has 31 heavy (non-hydrogen) atoms. The van der Waals surface area contributed by atoms with Gasteiger partial charge in [0.1, 0.15) is 0 Å². The number of anilines is 1. The van der Waals surface area contributed by atoms with E-state index >= 15 is 0 Å². The van der Waals surface area contributed by atoms with Crippen molar-refractivity contribution in [2.45, 2.75) is 4.90 Å². The minimum absolute atomic E-state index is 0.220. The lowest BCUT2D eigenvalue weighted by molar-refractivity contribution is 0.324. The molecule has 0 saturated heterocycles. The van der Waals surface area contributed by atoms with Gasteiger partial charge in [0.2, 0.25) is 5.75 Å². The number of hydrogen-bond acceptors (Lipinski definition) is 6. The lowest BCUT2D eigenvalue weighted by Crippen LogP contribution is -1.95. The van der Waals surface area contributed by atoms with Gasteiger partial charge in [-0.1, -0.05) is 30.4 Å². The summed E-state index contributed by atoms with van der Waals surface area (Å²) in [6, 6.07) is 16.4. The number of benzene rings is 3. The zero-order valence-electron chi connectivity index (χ0n) is 17.8. The maximum atomic E-state index is 13.9. The number of rotatable bonds is 9. The Morgan fingerprint density at radius 3 is 2.06 bits per heavy atom. The van der Waals surface area contributed by atoms with Gasteiger partial charge in [-0.25, -0.2) is 4.39 Å². The molecular formula is C24H24FNO4S. The Morgan fingerprint density at radius 2 is 1.45 bits per heavy atom. The first-order valence-electron chi connectivity index (χ1n) is 9.43. The van der Waals surface area contributed by atoms with Crippen LogP contribution in [0.4, 0.5) is 10.1 Å². The molecule has 162 valence electrons. The molecule has 1 N–H and O–H groups in total. The molecule has 0 radical (unpaired) electrons. The summed E-state index contributed by atoms with van der Waals surface area (Å²) in [6.45, 7) is 0. The second-order valence-electron chi connectivity index (χ2n) is 6.38. The minimum atomic E-state index is -0.398. The maximum absolute atomic E-state index is 13.9. The zero-order chi connectivity index (χ0) is 22.2. The quantitative estimate of drug-likeness (QED) is 0.317. The Kier molecular flexibility index (Phi) is 7.67. The summed E-state index contributed by atoms with van der Waals surface area (Å²) in [5.74, 6) is 1.55. The predicted octanol–water partition coefficient (Wildman–Crippen LogP) is 6.15. The first-order valence-corrected chi connectivity index (χ1v) is 10.2. The highest BCUT2D eigenvalue weighted by molar-refractivity contribution is 8.00. The van der Waals surface area contributed by atoms with Crippen LogP contribution >= 0.6 is 11.9 Å². The van der Waals surface area contributed by atoms with Crippen molar-refractivity contribution in [3.63, 3.8) is 0 Å². The van der Waals surface area contributed by atoms with E-state index in [1.807, 2.05) is 48.6 Å². The summed E-state index contributed by atoms with van der Waals surface area (Å²) in [7, 11) is 6.19. The van der Waals surface area contributed by atoms with Crippen molar-refractivity contribution in [2.75, 3.05) is 33.2 Å². The van der Waals surface area contributed by atoms with E-state index in [9.17, 15) is 4.39 Å². The summed E-state index contributed by atoms with van der Waals surface area (Å²) in [6.07, 6.45) is 3.95. The van der Waals surface area contributed by atoms with E-state index in [0.717, 1.165) is 21.7 Å². The van der Waals surface area contributed by atoms with Gasteiger partial charge in [0, 0.05) is 4.90 Å². The molecule has 3 aromatic carbocycles. The van der Waals surface area contributed by atoms with Gasteiger partial charge in [-0.15, -0.1) is 0 Å². The summed E-state index contributed by atoms with van der Waals surface area (Å²) in [4.78, 5) is 0.738. The lowest BCUT2D eigenvalue weighted by Gasteiger charge is -2.13. The van der Waals surface area contributed by atoms with Crippen molar-refractivity contribution in [1.29, 1.82) is 0 Å². The largest absolute Gasteiger partial charge is 0.494 e. The highest BCUT2D eigenvalue weighted by Crippen LogP contribution is 2.38. The first-order chi connectivity index (χ1) is 15.1. The van der Waals surface area contributed by atoms with Crippen LogP contribution in [0, 0.1) is 5.82 Å². The van der Waals surface area contributed by atoms with Crippen molar-refractivity contribution in [1.82, 2.24) is 0 Å². The maximum Gasteiger partial charge on any atom is 0.203 e. The van der Waals surface area contributed by atoms with Gasteiger partial charge in [-0.2, -0.15) is 0 Å². The highest BCUT2D eigenvalue weighted by Gasteiger charge is 2.12. The zero-order valence-corrected chi connectivity index (χ0v) is 18.6. The number of ether oxygens (including phenoxy) is 4. The fraction of sp³-hybridized carbons (Fsp3) is 0.167. The Hall–Kier alpha value is -3.32. The number of nitrogens with one attached hydrogen (secondary N) is 1. The van der Waals surface area contributed by atoms with E-state index in [4.69, 9.17) is 18.9 Å². The molecule has 0 aliphatic carbocycles. The molecule has 0 aromatic heterocycles. The van der Waals surface area contributed by atoms with Crippen molar-refractivity contribution in [3.8, 4) is 23.0 Å². The number of halogens is 1. The van der Waals surface area contributed by atoms with Gasteiger partial charge in [-0.3, -0.25) is 0 Å². The van der Waals surface area contributed by atoms with Gasteiger partial charge in [0.25, 0.3) is 0 Å². The Bertz CT molecular complexity index is 1050. The molecule has 0 amide bonds. The van der Waals surface area contributed by atoms with Crippen LogP contribution in [0.1, 0.15) is 11.1 Å². The van der Waals surface area contributed by atoms with Gasteiger partial charge in [0.15, 0.2) is 23.1 Å². The van der Waals surface area contributed by atoms with Crippen molar-refractivity contribution in [3.05, 3.63) is 71.5 Å². The molecule has 7 heteroatoms. The molecule has 0 atom stereocenters. The predicted molar refractivity (Wildman–Crippen MR) is 124 cm³/mol. The summed E-state index contributed by atoms with van der Waals surface area (Å²) >= 11 is 1.32. The Labute approximate surface area is 185 Å². The number of methoxy groups -OCH3 is 4. The highest BCUT2D eigenvalue weighted by atomic mass is 32.2. The van der Waals surface area contributed by atoms with E-state index in [2.05, 4.69) is 4.72 Å². The van der Waals surface area contributed by atoms with E-state index in [0.29, 0.717) is 17.2 Å². The second-order valence-corrected chi connectivity index (χ2v) is 7.26. The fourth-order valence-corrected chi connectivity index (χ4v) is 3.66. The second kappa shape index (κ2) is 10.6. The van der Waals surface area contributed by atoms with E-state index < -0.39 is 5.82 Å². The topological polar surface area (TPSA) is 49.0 Å². The molecule has 0 saturated carbocycles. The monoisotopic (exact) mass is 441 g/mol. The van der Waals surface area contributed by atoms with E-state index in [1.54, 1.807) is 33.5 Å². The van der Waals surface area contributed by atoms with Crippen LogP contribution in [0.25, 0.3) is 12.2 Å². The van der Waals surface area contributed by atoms with E-state index in [-0.39, 0.29) is 5.75 Å². The van der Waals surface area contributed by atoms with Crippen molar-refractivity contribution >= 4 is 29.8 Å². The van der Waals surface area contributed by atoms with Crippen LogP contribution in [-0.4, -0.2) is 28.4 Å². The summed E-state index contributed by atoms with van der Waals surface area (Å²) in [5, 5.41) is 0. The van der Waals surface area contributed by atoms with Crippen LogP contribution in [0.5, 0.6) is 23.0 Å².